The lowest BCUT2D eigenvalue weighted by Gasteiger charge is -2.02. The van der Waals surface area contributed by atoms with Crippen LogP contribution in [0.4, 0.5) is 0 Å². The lowest BCUT2D eigenvalue weighted by Crippen LogP contribution is -2.23. The van der Waals surface area contributed by atoms with Crippen molar-refractivity contribution in [1.29, 1.82) is 0 Å². The molecule has 1 rings (SSSR count). The van der Waals surface area contributed by atoms with Gasteiger partial charge in [0.05, 0.1) is 11.2 Å². The van der Waals surface area contributed by atoms with E-state index in [1.165, 1.54) is 6.21 Å². The van der Waals surface area contributed by atoms with E-state index in [9.17, 15) is 9.59 Å². The molecule has 2 N–H and O–H groups in total. The van der Waals surface area contributed by atoms with Crippen molar-refractivity contribution < 1.29 is 9.59 Å². The number of nitrogens with zero attached hydrogens (tertiary/aromatic N) is 1. The number of unbranched alkanes of at least 4 members (excludes halogenated alkanes) is 1. The summed E-state index contributed by atoms with van der Waals surface area (Å²) in [6.07, 6.45) is 5.04. The largest absolute Gasteiger partial charge is 0.353 e. The summed E-state index contributed by atoms with van der Waals surface area (Å²) in [5, 5.41) is 7.52. The lowest BCUT2D eigenvalue weighted by atomic mass is 10.2. The average Bonchev–Trinajstić information content (AvgIpc) is 2.51. The SMILES string of the molecule is C=CCNC(=O)CCCCC(=O)NN=Cc1ccc(Cl)cc1Cl. The Morgan fingerprint density at radius 3 is 2.52 bits per heavy atom. The van der Waals surface area contributed by atoms with Crippen molar-refractivity contribution in [3.05, 3.63) is 46.5 Å². The number of carbonyl (C=O) groups is 2. The van der Waals surface area contributed by atoms with Crippen molar-refractivity contribution in [3.63, 3.8) is 0 Å². The van der Waals surface area contributed by atoms with E-state index in [0.717, 1.165) is 0 Å². The predicted octanol–water partition coefficient (Wildman–Crippen LogP) is 3.31. The zero-order valence-electron chi connectivity index (χ0n) is 12.6. The molecule has 0 aliphatic rings. The molecule has 124 valence electrons. The third kappa shape index (κ3) is 8.38. The first kappa shape index (κ1) is 19.2. The molecule has 0 atom stereocenters. The van der Waals surface area contributed by atoms with Crippen molar-refractivity contribution in [1.82, 2.24) is 10.7 Å². The second kappa shape index (κ2) is 10.8. The average molecular weight is 356 g/mol. The standard InChI is InChI=1S/C16H19Cl2N3O2/c1-2-9-19-15(22)5-3-4-6-16(23)21-20-11-12-7-8-13(17)10-14(12)18/h2,7-8,10-11H,1,3-6,9H2,(H,19,22)(H,21,23). The molecule has 0 aliphatic heterocycles. The Balaban J connectivity index is 2.22. The predicted molar refractivity (Wildman–Crippen MR) is 93.9 cm³/mol. The molecule has 0 aliphatic carbocycles. The van der Waals surface area contributed by atoms with E-state index in [4.69, 9.17) is 23.2 Å². The van der Waals surface area contributed by atoms with Gasteiger partial charge >= 0.3 is 0 Å². The molecule has 0 aromatic heterocycles. The summed E-state index contributed by atoms with van der Waals surface area (Å²) in [5.74, 6) is -0.251. The van der Waals surface area contributed by atoms with E-state index in [0.29, 0.717) is 47.8 Å². The lowest BCUT2D eigenvalue weighted by molar-refractivity contribution is -0.122. The molecule has 0 unspecified atom stereocenters. The van der Waals surface area contributed by atoms with Gasteiger partial charge in [-0.15, -0.1) is 6.58 Å². The fraction of sp³-hybridized carbons (Fsp3) is 0.312. The van der Waals surface area contributed by atoms with Gasteiger partial charge in [-0.2, -0.15) is 5.10 Å². The smallest absolute Gasteiger partial charge is 0.240 e. The zero-order chi connectivity index (χ0) is 17.1. The van der Waals surface area contributed by atoms with E-state index in [1.807, 2.05) is 0 Å². The van der Waals surface area contributed by atoms with Crippen LogP contribution in [0.2, 0.25) is 10.0 Å². The van der Waals surface area contributed by atoms with Crippen LogP contribution in [0.15, 0.2) is 36.0 Å². The highest BCUT2D eigenvalue weighted by Crippen LogP contribution is 2.19. The molecule has 0 saturated heterocycles. The van der Waals surface area contributed by atoms with Crippen LogP contribution in [0.3, 0.4) is 0 Å². The Morgan fingerprint density at radius 1 is 1.17 bits per heavy atom. The molecular formula is C16H19Cl2N3O2. The molecule has 1 aromatic carbocycles. The number of nitrogens with one attached hydrogen (secondary N) is 2. The first-order valence-corrected chi connectivity index (χ1v) is 7.93. The van der Waals surface area contributed by atoms with Crippen LogP contribution in [-0.4, -0.2) is 24.6 Å². The molecule has 1 aromatic rings. The first-order valence-electron chi connectivity index (χ1n) is 7.17. The van der Waals surface area contributed by atoms with Crippen LogP contribution in [0.5, 0.6) is 0 Å². The fourth-order valence-electron chi connectivity index (χ4n) is 1.68. The number of amides is 2. The molecule has 0 heterocycles. The van der Waals surface area contributed by atoms with Gasteiger partial charge in [0.2, 0.25) is 11.8 Å². The van der Waals surface area contributed by atoms with Gasteiger partial charge in [-0.1, -0.05) is 35.3 Å². The molecule has 5 nitrogen and oxygen atoms in total. The molecule has 0 spiro atoms. The first-order chi connectivity index (χ1) is 11.0. The minimum Gasteiger partial charge on any atom is -0.353 e. The molecule has 0 bridgehead atoms. The minimum atomic E-state index is -0.210. The van der Waals surface area contributed by atoms with E-state index >= 15 is 0 Å². The van der Waals surface area contributed by atoms with Gasteiger partial charge in [0.25, 0.3) is 0 Å². The minimum absolute atomic E-state index is 0.0410. The van der Waals surface area contributed by atoms with E-state index in [2.05, 4.69) is 22.4 Å². The van der Waals surface area contributed by atoms with E-state index in [1.54, 1.807) is 24.3 Å². The Morgan fingerprint density at radius 2 is 1.87 bits per heavy atom. The summed E-state index contributed by atoms with van der Waals surface area (Å²) < 4.78 is 0. The van der Waals surface area contributed by atoms with Crippen molar-refractivity contribution in [3.8, 4) is 0 Å². The maximum atomic E-state index is 11.6. The van der Waals surface area contributed by atoms with Gasteiger partial charge in [-0.3, -0.25) is 9.59 Å². The highest BCUT2D eigenvalue weighted by Gasteiger charge is 2.03. The van der Waals surface area contributed by atoms with Crippen molar-refractivity contribution in [2.75, 3.05) is 6.54 Å². The maximum Gasteiger partial charge on any atom is 0.240 e. The Kier molecular flexibility index (Phi) is 9.02. The van der Waals surface area contributed by atoms with Gasteiger partial charge in [0.1, 0.15) is 0 Å². The number of rotatable bonds is 9. The summed E-state index contributed by atoms with van der Waals surface area (Å²) in [5.41, 5.74) is 3.08. The van der Waals surface area contributed by atoms with Gasteiger partial charge in [0, 0.05) is 30.0 Å². The number of hydrazone groups is 1. The van der Waals surface area contributed by atoms with Crippen LogP contribution in [0.25, 0.3) is 0 Å². The van der Waals surface area contributed by atoms with Gasteiger partial charge in [0.15, 0.2) is 0 Å². The van der Waals surface area contributed by atoms with E-state index in [-0.39, 0.29) is 11.8 Å². The van der Waals surface area contributed by atoms with Crippen LogP contribution >= 0.6 is 23.2 Å². The summed E-state index contributed by atoms with van der Waals surface area (Å²) in [6, 6.07) is 5.00. The second-order valence-corrected chi connectivity index (χ2v) is 5.60. The van der Waals surface area contributed by atoms with Crippen molar-refractivity contribution >= 4 is 41.2 Å². The van der Waals surface area contributed by atoms with Crippen LogP contribution in [-0.2, 0) is 9.59 Å². The second-order valence-electron chi connectivity index (χ2n) is 4.76. The summed E-state index contributed by atoms with van der Waals surface area (Å²) in [7, 11) is 0. The summed E-state index contributed by atoms with van der Waals surface area (Å²) in [4.78, 5) is 22.9. The number of hydrogen-bond acceptors (Lipinski definition) is 3. The summed E-state index contributed by atoms with van der Waals surface area (Å²) in [6.45, 7) is 3.98. The highest BCUT2D eigenvalue weighted by molar-refractivity contribution is 6.36. The molecule has 0 radical (unpaired) electrons. The van der Waals surface area contributed by atoms with Crippen LogP contribution in [0, 0.1) is 0 Å². The third-order valence-corrected chi connectivity index (χ3v) is 3.42. The topological polar surface area (TPSA) is 70.6 Å². The van der Waals surface area contributed by atoms with Crippen LogP contribution in [0.1, 0.15) is 31.2 Å². The van der Waals surface area contributed by atoms with Gasteiger partial charge in [-0.05, 0) is 25.0 Å². The highest BCUT2D eigenvalue weighted by atomic mass is 35.5. The third-order valence-electron chi connectivity index (χ3n) is 2.86. The van der Waals surface area contributed by atoms with Crippen LogP contribution < -0.4 is 10.7 Å². The fourth-order valence-corrected chi connectivity index (χ4v) is 2.14. The van der Waals surface area contributed by atoms with Gasteiger partial charge < -0.3 is 5.32 Å². The van der Waals surface area contributed by atoms with E-state index < -0.39 is 0 Å². The number of hydrogen-bond donors (Lipinski definition) is 2. The number of benzene rings is 1. The molecule has 2 amide bonds. The Labute approximate surface area is 145 Å². The molecule has 23 heavy (non-hydrogen) atoms. The molecular weight excluding hydrogens is 337 g/mol. The monoisotopic (exact) mass is 355 g/mol. The Hall–Kier alpha value is -1.85. The quantitative estimate of drug-likeness (QED) is 0.308. The normalized spacial score (nSPS) is 10.5. The van der Waals surface area contributed by atoms with Gasteiger partial charge in [-0.25, -0.2) is 5.43 Å². The Bertz CT molecular complexity index is 589. The van der Waals surface area contributed by atoms with Crippen molar-refractivity contribution in [2.45, 2.75) is 25.7 Å². The maximum absolute atomic E-state index is 11.6. The summed E-state index contributed by atoms with van der Waals surface area (Å²) >= 11 is 11.8. The molecule has 0 fully saturated rings. The molecule has 7 heteroatoms. The number of carbonyl (C=O) groups excluding carboxylic acids is 2. The zero-order valence-corrected chi connectivity index (χ0v) is 14.2. The number of halogens is 2. The van der Waals surface area contributed by atoms with Crippen molar-refractivity contribution in [2.24, 2.45) is 5.10 Å². The molecule has 0 saturated carbocycles.